The Morgan fingerprint density at radius 2 is 1.66 bits per heavy atom. The number of aliphatic hydroxyl groups is 1. The molecule has 2 aromatic heterocycles. The predicted octanol–water partition coefficient (Wildman–Crippen LogP) is 3.45. The van der Waals surface area contributed by atoms with Crippen LogP contribution >= 0.6 is 11.6 Å². The molecule has 7 nitrogen and oxygen atoms in total. The first-order chi connectivity index (χ1) is 16.7. The highest BCUT2D eigenvalue weighted by Gasteiger charge is 2.57. The minimum absolute atomic E-state index is 0.0749. The summed E-state index contributed by atoms with van der Waals surface area (Å²) in [5.41, 5.74) is -0.466. The third-order valence-corrected chi connectivity index (χ3v) is 13.0. The second-order valence-corrected chi connectivity index (χ2v) is 14.9. The molecular weight excluding hydrogens is 487 g/mol. The van der Waals surface area contributed by atoms with E-state index < -0.39 is 32.4 Å². The summed E-state index contributed by atoms with van der Waals surface area (Å²) in [6.45, 7) is 6.59. The molecule has 0 saturated carbocycles. The maximum absolute atomic E-state index is 13.9. The van der Waals surface area contributed by atoms with Crippen LogP contribution in [0.2, 0.25) is 10.2 Å². The van der Waals surface area contributed by atoms with Crippen molar-refractivity contribution in [3.05, 3.63) is 78.2 Å². The molecule has 10 heteroatoms. The number of hydrogen-bond acceptors (Lipinski definition) is 6. The van der Waals surface area contributed by atoms with Crippen molar-refractivity contribution in [2.24, 2.45) is 0 Å². The molecule has 3 heterocycles. The van der Waals surface area contributed by atoms with Gasteiger partial charge in [0.2, 0.25) is 0 Å². The fraction of sp³-hybridized carbons (Fsp3) is 0.320. The van der Waals surface area contributed by atoms with Crippen LogP contribution in [0.4, 0.5) is 4.39 Å². The highest BCUT2D eigenvalue weighted by molar-refractivity contribution is 7.05. The summed E-state index contributed by atoms with van der Waals surface area (Å²) in [5.74, 6) is 0. The van der Waals surface area contributed by atoms with Crippen LogP contribution in [0.1, 0.15) is 27.0 Å². The lowest BCUT2D eigenvalue weighted by atomic mass is 10.2. The summed E-state index contributed by atoms with van der Waals surface area (Å²) < 4.78 is 27.7. The molecule has 0 radical (unpaired) electrons. The zero-order valence-electron chi connectivity index (χ0n) is 19.6. The van der Waals surface area contributed by atoms with Crippen molar-refractivity contribution in [3.8, 4) is 0 Å². The molecule has 0 spiro atoms. The van der Waals surface area contributed by atoms with Gasteiger partial charge in [-0.05, 0) is 5.04 Å². The maximum atomic E-state index is 13.9. The Morgan fingerprint density at radius 3 is 2.23 bits per heavy atom. The lowest BCUT2D eigenvalue weighted by Gasteiger charge is -2.48. The number of hydrogen-bond donors (Lipinski definition) is 1. The molecule has 35 heavy (non-hydrogen) atoms. The highest BCUT2D eigenvalue weighted by Crippen LogP contribution is 2.41. The van der Waals surface area contributed by atoms with Crippen LogP contribution in [0.15, 0.2) is 67.0 Å². The van der Waals surface area contributed by atoms with Gasteiger partial charge < -0.3 is 14.6 Å². The van der Waals surface area contributed by atoms with E-state index in [2.05, 4.69) is 60.0 Å². The van der Waals surface area contributed by atoms with Crippen molar-refractivity contribution in [2.45, 2.75) is 44.1 Å². The topological polar surface area (TPSA) is 82.3 Å². The van der Waals surface area contributed by atoms with E-state index in [0.29, 0.717) is 0 Å². The molecule has 0 aliphatic carbocycles. The summed E-state index contributed by atoms with van der Waals surface area (Å²) in [4.78, 5) is 11.6. The third kappa shape index (κ3) is 3.97. The maximum Gasteiger partial charge on any atom is 0.312 e. The molecule has 1 fully saturated rings. The van der Waals surface area contributed by atoms with Crippen molar-refractivity contribution >= 4 is 41.2 Å². The number of aliphatic hydroxyl groups excluding tert-OH is 1. The number of imidazole rings is 1. The van der Waals surface area contributed by atoms with E-state index in [1.807, 2.05) is 36.4 Å². The van der Waals surface area contributed by atoms with Gasteiger partial charge in [0.15, 0.2) is 31.4 Å². The quantitative estimate of drug-likeness (QED) is 0.250. The van der Waals surface area contributed by atoms with Gasteiger partial charge in [-0.2, -0.15) is 14.4 Å². The van der Waals surface area contributed by atoms with Gasteiger partial charge in [0.1, 0.15) is 11.2 Å². The molecule has 0 amide bonds. The molecule has 182 valence electrons. The second kappa shape index (κ2) is 9.07. The molecule has 0 bridgehead atoms. The van der Waals surface area contributed by atoms with Gasteiger partial charge in [-0.15, -0.1) is 0 Å². The van der Waals surface area contributed by atoms with E-state index in [0.717, 1.165) is 10.4 Å². The van der Waals surface area contributed by atoms with Crippen molar-refractivity contribution < 1.29 is 19.0 Å². The Morgan fingerprint density at radius 1 is 1.06 bits per heavy atom. The minimum Gasteiger partial charge on any atom is -0.390 e. The first kappa shape index (κ1) is 24.0. The van der Waals surface area contributed by atoms with E-state index in [-0.39, 0.29) is 28.0 Å². The van der Waals surface area contributed by atoms with Crippen molar-refractivity contribution in [2.75, 3.05) is 6.61 Å². The predicted molar refractivity (Wildman–Crippen MR) is 134 cm³/mol. The molecule has 1 saturated heterocycles. The van der Waals surface area contributed by atoms with Crippen LogP contribution in [0.5, 0.6) is 0 Å². The fourth-order valence-electron chi connectivity index (χ4n) is 5.21. The molecule has 2 aromatic carbocycles. The number of halogens is 2. The van der Waals surface area contributed by atoms with Crippen molar-refractivity contribution in [1.82, 2.24) is 19.5 Å². The minimum atomic E-state index is -2.93. The Bertz CT molecular complexity index is 1290. The fourth-order valence-corrected chi connectivity index (χ4v) is 11.1. The molecule has 5 rings (SSSR count). The van der Waals surface area contributed by atoms with Gasteiger partial charge >= 0.3 is 6.08 Å². The Labute approximate surface area is 208 Å². The van der Waals surface area contributed by atoms with E-state index in [4.69, 9.17) is 21.1 Å². The molecular formula is C25H26ClFN4O3Si. The third-order valence-electron chi connectivity index (χ3n) is 6.70. The Balaban J connectivity index is 1.56. The SMILES string of the molecule is CC(C)(C)[Si](c1ccccc1)(c1ccccc1)C(O)C1OCC(n2cnc3c(Cl)nc(F)nc32)O1. The number of aromatic nitrogens is 4. The zero-order chi connectivity index (χ0) is 24.8. The molecule has 1 aliphatic heterocycles. The van der Waals surface area contributed by atoms with Gasteiger partial charge in [0, 0.05) is 0 Å². The highest BCUT2D eigenvalue weighted by atomic mass is 35.5. The molecule has 3 unspecified atom stereocenters. The summed E-state index contributed by atoms with van der Waals surface area (Å²) in [7, 11) is -2.93. The number of benzene rings is 2. The average molecular weight is 513 g/mol. The lowest BCUT2D eigenvalue weighted by molar-refractivity contribution is -0.116. The number of ether oxygens (including phenoxy) is 2. The van der Waals surface area contributed by atoms with Crippen molar-refractivity contribution in [3.63, 3.8) is 0 Å². The van der Waals surface area contributed by atoms with Crippen LogP contribution < -0.4 is 10.4 Å². The van der Waals surface area contributed by atoms with Gasteiger partial charge in [0.05, 0.1) is 12.9 Å². The summed E-state index contributed by atoms with van der Waals surface area (Å²) >= 11 is 6.03. The van der Waals surface area contributed by atoms with E-state index in [1.165, 1.54) is 6.33 Å². The first-order valence-corrected chi connectivity index (χ1v) is 13.8. The molecule has 1 aliphatic rings. The summed E-state index contributed by atoms with van der Waals surface area (Å²) in [6.07, 6.45) is -1.06. The lowest BCUT2D eigenvalue weighted by Crippen LogP contribution is -2.74. The van der Waals surface area contributed by atoms with E-state index in [9.17, 15) is 9.50 Å². The summed E-state index contributed by atoms with van der Waals surface area (Å²) in [6, 6.07) is 20.2. The normalized spacial score (nSPS) is 19.8. The molecule has 1 N–H and O–H groups in total. The smallest absolute Gasteiger partial charge is 0.312 e. The van der Waals surface area contributed by atoms with Crippen LogP contribution in [0.3, 0.4) is 0 Å². The van der Waals surface area contributed by atoms with Crippen LogP contribution in [0.25, 0.3) is 11.2 Å². The number of nitrogens with zero attached hydrogens (tertiary/aromatic N) is 4. The van der Waals surface area contributed by atoms with Crippen LogP contribution in [-0.2, 0) is 9.47 Å². The summed E-state index contributed by atoms with van der Waals surface area (Å²) in [5, 5.41) is 13.9. The van der Waals surface area contributed by atoms with Crippen molar-refractivity contribution in [1.29, 1.82) is 0 Å². The van der Waals surface area contributed by atoms with E-state index in [1.54, 1.807) is 4.57 Å². The number of fused-ring (bicyclic) bond motifs is 1. The average Bonchev–Trinajstić information content (AvgIpc) is 3.47. The van der Waals surface area contributed by atoms with E-state index >= 15 is 0 Å². The van der Waals surface area contributed by atoms with Gasteiger partial charge in [0.25, 0.3) is 0 Å². The Kier molecular flexibility index (Phi) is 6.22. The van der Waals surface area contributed by atoms with Crippen LogP contribution in [0, 0.1) is 6.08 Å². The monoisotopic (exact) mass is 512 g/mol. The molecule has 4 aromatic rings. The number of rotatable bonds is 5. The largest absolute Gasteiger partial charge is 0.390 e. The second-order valence-electron chi connectivity index (χ2n) is 9.63. The van der Waals surface area contributed by atoms with Gasteiger partial charge in [-0.3, -0.25) is 4.57 Å². The Hall–Kier alpha value is -2.69. The van der Waals surface area contributed by atoms with Gasteiger partial charge in [-0.1, -0.05) is 103 Å². The molecule has 3 atom stereocenters. The van der Waals surface area contributed by atoms with Crippen LogP contribution in [-0.4, -0.2) is 51.3 Å². The van der Waals surface area contributed by atoms with Gasteiger partial charge in [-0.25, -0.2) is 4.98 Å². The zero-order valence-corrected chi connectivity index (χ0v) is 21.4. The first-order valence-electron chi connectivity index (χ1n) is 11.3. The standard InChI is InChI=1S/C25H26ClFN4O3Si/c1-25(2,3)35(16-10-6-4-7-11-16,17-12-8-5-9-13-17)22(32)23-33-14-18(34-23)31-15-28-19-20(26)29-24(27)30-21(19)31/h4-13,15,18,22-23,32H,14H2,1-3H3.